The molecule has 0 aromatic carbocycles. The second kappa shape index (κ2) is 15.0. The van der Waals surface area contributed by atoms with Gasteiger partial charge < -0.3 is 40.2 Å². The van der Waals surface area contributed by atoms with Crippen molar-refractivity contribution >= 4 is 12.0 Å². The van der Waals surface area contributed by atoms with E-state index in [-0.39, 0.29) is 17.7 Å². The molecule has 0 aromatic rings. The number of primary amides is 1. The molecule has 2 aliphatic rings. The van der Waals surface area contributed by atoms with Crippen LogP contribution in [0.1, 0.15) is 47.0 Å². The van der Waals surface area contributed by atoms with Gasteiger partial charge in [0.1, 0.15) is 18.0 Å². The van der Waals surface area contributed by atoms with Crippen LogP contribution in [0.5, 0.6) is 0 Å². The molecule has 7 atom stereocenters. The van der Waals surface area contributed by atoms with Crippen LogP contribution in [0.3, 0.4) is 0 Å². The van der Waals surface area contributed by atoms with Gasteiger partial charge in [-0.05, 0) is 49.8 Å². The van der Waals surface area contributed by atoms with Crippen LogP contribution in [0.15, 0.2) is 58.6 Å². The summed E-state index contributed by atoms with van der Waals surface area (Å²) in [6, 6.07) is 0. The second-order valence-electron chi connectivity index (χ2n) is 10.3. The maximum Gasteiger partial charge on any atom is 0.405 e. The third kappa shape index (κ3) is 9.06. The predicted molar refractivity (Wildman–Crippen MR) is 147 cm³/mol. The minimum atomic E-state index is -0.985. The van der Waals surface area contributed by atoms with E-state index in [0.717, 1.165) is 5.57 Å². The van der Waals surface area contributed by atoms with Crippen molar-refractivity contribution in [2.75, 3.05) is 21.3 Å². The van der Waals surface area contributed by atoms with Crippen molar-refractivity contribution < 1.29 is 38.7 Å². The number of hydrogen-bond donors (Lipinski definition) is 4. The van der Waals surface area contributed by atoms with Crippen molar-refractivity contribution in [3.05, 3.63) is 58.6 Å². The maximum atomic E-state index is 12.9. The Morgan fingerprint density at radius 1 is 1.10 bits per heavy atom. The quantitative estimate of drug-likeness (QED) is 0.392. The van der Waals surface area contributed by atoms with Crippen molar-refractivity contribution in [2.24, 2.45) is 17.6 Å². The highest BCUT2D eigenvalue weighted by molar-refractivity contribution is 5.94. The highest BCUT2D eigenvalue weighted by Crippen LogP contribution is 2.32. The van der Waals surface area contributed by atoms with Crippen molar-refractivity contribution in [3.63, 3.8) is 0 Å². The summed E-state index contributed by atoms with van der Waals surface area (Å²) in [5.41, 5.74) is 7.85. The number of hydrogen-bond acceptors (Lipinski definition) is 8. The number of allylic oxidation sites excluding steroid dienone is 3. The first-order valence-corrected chi connectivity index (χ1v) is 13.1. The molecule has 10 heteroatoms. The summed E-state index contributed by atoms with van der Waals surface area (Å²) >= 11 is 0. The van der Waals surface area contributed by atoms with E-state index in [4.69, 9.17) is 24.7 Å². The summed E-state index contributed by atoms with van der Waals surface area (Å²) in [6.45, 7) is 7.33. The Morgan fingerprint density at radius 3 is 2.38 bits per heavy atom. The van der Waals surface area contributed by atoms with Crippen molar-refractivity contribution in [1.82, 2.24) is 5.32 Å². The van der Waals surface area contributed by atoms with Crippen LogP contribution in [0.25, 0.3) is 0 Å². The molecule has 0 fully saturated rings. The number of fused-ring (bicyclic) bond motifs is 2. The Labute approximate surface area is 231 Å². The lowest BCUT2D eigenvalue weighted by atomic mass is 9.85. The average molecular weight is 549 g/mol. The smallest absolute Gasteiger partial charge is 0.405 e. The summed E-state index contributed by atoms with van der Waals surface area (Å²) < 4.78 is 22.1. The summed E-state index contributed by atoms with van der Waals surface area (Å²) in [6.07, 6.45) is 4.97. The lowest BCUT2D eigenvalue weighted by Crippen LogP contribution is -2.37. The zero-order chi connectivity index (χ0) is 29.3. The van der Waals surface area contributed by atoms with Crippen molar-refractivity contribution in [2.45, 2.75) is 77.5 Å². The standard InChI is InChI=1S/C29H44N2O8/c1-16-11-20-14-21(15-22(32)27(20)38-7)31-28(34)17(2)9-8-10-23(36-5)26(39-29(30)35)19(4)13-18(3)25(33)24(12-16)37-6/h8-10,13,15-16,18,22-26,32-33H,11-12,14H2,1-7H3,(H2,30,35)(H,31,34)/t16-,18+,22?,23+,24+,25-,26+/m1/s1. The lowest BCUT2D eigenvalue weighted by molar-refractivity contribution is -0.116. The zero-order valence-electron chi connectivity index (χ0n) is 24.0. The van der Waals surface area contributed by atoms with Gasteiger partial charge in [-0.3, -0.25) is 4.79 Å². The first-order valence-electron chi connectivity index (χ1n) is 13.1. The number of nitrogens with one attached hydrogen (secondary N) is 1. The van der Waals surface area contributed by atoms with E-state index >= 15 is 0 Å². The van der Waals surface area contributed by atoms with Crippen LogP contribution in [-0.2, 0) is 23.7 Å². The third-order valence-corrected chi connectivity index (χ3v) is 7.12. The number of amides is 2. The normalized spacial score (nSPS) is 31.6. The molecule has 1 aliphatic heterocycles. The van der Waals surface area contributed by atoms with Crippen LogP contribution in [-0.4, -0.2) is 74.1 Å². The Hall–Kier alpha value is -2.92. The van der Waals surface area contributed by atoms with Gasteiger partial charge in [0.05, 0.1) is 19.3 Å². The molecule has 2 rings (SSSR count). The molecule has 218 valence electrons. The highest BCUT2D eigenvalue weighted by atomic mass is 16.6. The molecule has 10 nitrogen and oxygen atoms in total. The Balaban J connectivity index is 2.53. The number of carbonyl (C=O) groups excluding carboxylic acids is 2. The fourth-order valence-corrected chi connectivity index (χ4v) is 5.07. The van der Waals surface area contributed by atoms with E-state index < -0.39 is 36.6 Å². The molecule has 0 saturated heterocycles. The Bertz CT molecular complexity index is 1030. The molecule has 2 amide bonds. The molecule has 2 bridgehead atoms. The molecule has 1 aliphatic carbocycles. The first kappa shape index (κ1) is 32.3. The lowest BCUT2D eigenvalue weighted by Gasteiger charge is -2.30. The number of carbonyl (C=O) groups is 2. The largest absolute Gasteiger partial charge is 0.498 e. The summed E-state index contributed by atoms with van der Waals surface area (Å²) in [5, 5.41) is 24.7. The fraction of sp³-hybridized carbons (Fsp3) is 0.586. The van der Waals surface area contributed by atoms with Gasteiger partial charge in [0.2, 0.25) is 0 Å². The molecule has 1 unspecified atom stereocenters. The number of nitrogens with two attached hydrogens (primary N) is 1. The van der Waals surface area contributed by atoms with Crippen LogP contribution in [0, 0.1) is 11.8 Å². The fourth-order valence-electron chi connectivity index (χ4n) is 5.07. The van der Waals surface area contributed by atoms with Crippen LogP contribution in [0.2, 0.25) is 0 Å². The van der Waals surface area contributed by atoms with Gasteiger partial charge in [0.25, 0.3) is 5.91 Å². The number of aliphatic hydroxyl groups is 2. The van der Waals surface area contributed by atoms with E-state index in [1.54, 1.807) is 45.3 Å². The van der Waals surface area contributed by atoms with Gasteiger partial charge in [0, 0.05) is 37.8 Å². The minimum Gasteiger partial charge on any atom is -0.498 e. The summed E-state index contributed by atoms with van der Waals surface area (Å²) in [4.78, 5) is 24.6. The van der Waals surface area contributed by atoms with E-state index in [1.165, 1.54) is 14.2 Å². The average Bonchev–Trinajstić information content (AvgIpc) is 2.87. The molecule has 1 heterocycles. The van der Waals surface area contributed by atoms with E-state index in [2.05, 4.69) is 5.32 Å². The molecule has 5 N–H and O–H groups in total. The van der Waals surface area contributed by atoms with Gasteiger partial charge in [-0.2, -0.15) is 0 Å². The van der Waals surface area contributed by atoms with Crippen molar-refractivity contribution in [1.29, 1.82) is 0 Å². The van der Waals surface area contributed by atoms with Gasteiger partial charge in [-0.15, -0.1) is 0 Å². The van der Waals surface area contributed by atoms with Crippen LogP contribution < -0.4 is 11.1 Å². The van der Waals surface area contributed by atoms with Gasteiger partial charge in [-0.25, -0.2) is 4.79 Å². The Kier molecular flexibility index (Phi) is 12.4. The van der Waals surface area contributed by atoms with E-state index in [9.17, 15) is 19.8 Å². The number of rotatable bonds is 4. The monoisotopic (exact) mass is 548 g/mol. The second-order valence-corrected chi connectivity index (χ2v) is 10.3. The summed E-state index contributed by atoms with van der Waals surface area (Å²) in [7, 11) is 4.54. The van der Waals surface area contributed by atoms with Crippen LogP contribution >= 0.6 is 0 Å². The third-order valence-electron chi connectivity index (χ3n) is 7.12. The van der Waals surface area contributed by atoms with Gasteiger partial charge in [-0.1, -0.05) is 38.2 Å². The van der Waals surface area contributed by atoms with Crippen LogP contribution in [0.4, 0.5) is 4.79 Å². The van der Waals surface area contributed by atoms with Gasteiger partial charge in [0.15, 0.2) is 6.10 Å². The summed E-state index contributed by atoms with van der Waals surface area (Å²) in [5.74, 6) is -0.154. The molecule has 0 spiro atoms. The van der Waals surface area contributed by atoms with E-state index in [0.29, 0.717) is 41.9 Å². The topological polar surface area (TPSA) is 150 Å². The molecule has 0 aromatic heterocycles. The molecular formula is C29H44N2O8. The Morgan fingerprint density at radius 2 is 1.79 bits per heavy atom. The SMILES string of the molecule is COC1=C2CC(=CC1O)NC(=O)C(C)=CC=C[C@H](OC)[C@@H](OC(N)=O)C(C)=C[C@H](C)[C@@H](O)[C@@H](OC)C[C@H](C)C2. The number of ether oxygens (including phenoxy) is 4. The van der Waals surface area contributed by atoms with Crippen molar-refractivity contribution in [3.8, 4) is 0 Å². The predicted octanol–water partition coefficient (Wildman–Crippen LogP) is 3.02. The molecule has 39 heavy (non-hydrogen) atoms. The number of methoxy groups -OCH3 is 3. The molecule has 0 saturated carbocycles. The molecule has 0 radical (unpaired) electrons. The number of aliphatic hydroxyl groups excluding tert-OH is 2. The maximum absolute atomic E-state index is 12.9. The van der Waals surface area contributed by atoms with E-state index in [1.807, 2.05) is 19.9 Å². The molecular weight excluding hydrogens is 504 g/mol. The first-order chi connectivity index (χ1) is 18.4. The zero-order valence-corrected chi connectivity index (χ0v) is 24.0. The minimum absolute atomic E-state index is 0.0565. The highest BCUT2D eigenvalue weighted by Gasteiger charge is 2.30. The van der Waals surface area contributed by atoms with Gasteiger partial charge >= 0.3 is 6.09 Å².